The summed E-state index contributed by atoms with van der Waals surface area (Å²) in [5, 5.41) is 2.70. The van der Waals surface area contributed by atoms with Crippen LogP contribution in [0.15, 0.2) is 48.0 Å². The molecule has 0 aromatic heterocycles. The average molecular weight is 533 g/mol. The minimum atomic E-state index is -0.741. The van der Waals surface area contributed by atoms with Gasteiger partial charge in [0.1, 0.15) is 11.3 Å². The van der Waals surface area contributed by atoms with E-state index in [9.17, 15) is 14.4 Å². The van der Waals surface area contributed by atoms with Crippen LogP contribution in [0.2, 0.25) is 5.02 Å². The van der Waals surface area contributed by atoms with Crippen LogP contribution in [-0.4, -0.2) is 23.9 Å². The van der Waals surface area contributed by atoms with Crippen LogP contribution in [0.1, 0.15) is 69.9 Å². The predicted octanol–water partition coefficient (Wildman–Crippen LogP) is 6.65. The lowest BCUT2D eigenvalue weighted by Gasteiger charge is -2.57. The minimum absolute atomic E-state index is 0.0105. The quantitative estimate of drug-likeness (QED) is 0.334. The lowest BCUT2D eigenvalue weighted by atomic mass is 9.48. The molecule has 5 aliphatic rings. The molecular weight excluding hydrogens is 500 g/mol. The highest BCUT2D eigenvalue weighted by atomic mass is 35.5. The van der Waals surface area contributed by atoms with Gasteiger partial charge in [0.25, 0.3) is 11.8 Å². The predicted molar refractivity (Wildman–Crippen MR) is 147 cm³/mol. The molecule has 1 atom stereocenters. The highest BCUT2D eigenvalue weighted by Gasteiger charge is 2.51. The Morgan fingerprint density at radius 2 is 1.66 bits per heavy atom. The summed E-state index contributed by atoms with van der Waals surface area (Å²) in [6, 6.07) is 12.2. The number of hydrogen-bond donors (Lipinski definition) is 1. The van der Waals surface area contributed by atoms with E-state index in [0.717, 1.165) is 29.1 Å². The molecule has 7 heteroatoms. The summed E-state index contributed by atoms with van der Waals surface area (Å²) in [6.45, 7) is 3.98. The smallest absolute Gasteiger partial charge is 0.335 e. The van der Waals surface area contributed by atoms with E-state index in [2.05, 4.69) is 17.4 Å². The number of hydrogen-bond acceptors (Lipinski definition) is 4. The lowest BCUT2D eigenvalue weighted by molar-refractivity contribution is -0.122. The van der Waals surface area contributed by atoms with Gasteiger partial charge < -0.3 is 4.74 Å². The number of carbonyl (C=O) groups excluding carboxylic acids is 3. The van der Waals surface area contributed by atoms with Crippen molar-refractivity contribution >= 4 is 41.2 Å². The summed E-state index contributed by atoms with van der Waals surface area (Å²) < 4.78 is 5.80. The third kappa shape index (κ3) is 4.43. The molecule has 4 saturated carbocycles. The normalized spacial score (nSPS) is 30.1. The lowest BCUT2D eigenvalue weighted by Crippen LogP contribution is -2.54. The molecule has 5 fully saturated rings. The second-order valence-electron chi connectivity index (χ2n) is 11.7. The molecule has 2 aromatic carbocycles. The van der Waals surface area contributed by atoms with Gasteiger partial charge in [-0.1, -0.05) is 36.7 Å². The molecule has 4 bridgehead atoms. The molecule has 1 N–H and O–H groups in total. The van der Waals surface area contributed by atoms with Crippen molar-refractivity contribution in [2.75, 3.05) is 4.90 Å². The van der Waals surface area contributed by atoms with E-state index in [4.69, 9.17) is 16.3 Å². The summed E-state index contributed by atoms with van der Waals surface area (Å²) in [4.78, 5) is 39.9. The number of anilines is 1. The van der Waals surface area contributed by atoms with E-state index in [1.165, 1.54) is 50.2 Å². The van der Waals surface area contributed by atoms with Crippen molar-refractivity contribution in [2.24, 2.45) is 17.8 Å². The molecule has 0 spiro atoms. The number of benzene rings is 2. The van der Waals surface area contributed by atoms with Gasteiger partial charge in [-0.25, -0.2) is 9.69 Å². The molecule has 2 aromatic rings. The van der Waals surface area contributed by atoms with Gasteiger partial charge >= 0.3 is 6.03 Å². The maximum absolute atomic E-state index is 13.4. The van der Waals surface area contributed by atoms with Gasteiger partial charge in [-0.05, 0) is 117 Å². The minimum Gasteiger partial charge on any atom is -0.489 e. The fourth-order valence-electron chi connectivity index (χ4n) is 7.49. The first kappa shape index (κ1) is 25.2. The Morgan fingerprint density at radius 3 is 2.24 bits per heavy atom. The number of carbonyl (C=O) groups is 3. The van der Waals surface area contributed by atoms with Crippen LogP contribution >= 0.6 is 11.6 Å². The molecule has 6 nitrogen and oxygen atoms in total. The highest BCUT2D eigenvalue weighted by molar-refractivity contribution is 6.39. The van der Waals surface area contributed by atoms with Crippen molar-refractivity contribution in [1.82, 2.24) is 5.32 Å². The number of amides is 4. The van der Waals surface area contributed by atoms with Crippen molar-refractivity contribution in [3.63, 3.8) is 0 Å². The van der Waals surface area contributed by atoms with E-state index >= 15 is 0 Å². The Kier molecular flexibility index (Phi) is 6.34. The third-order valence-corrected chi connectivity index (χ3v) is 9.34. The van der Waals surface area contributed by atoms with E-state index < -0.39 is 17.8 Å². The Balaban J connectivity index is 1.25. The fraction of sp³-hybridized carbons (Fsp3) is 0.452. The zero-order valence-corrected chi connectivity index (χ0v) is 22.6. The Hall–Kier alpha value is -3.12. The molecule has 1 aliphatic heterocycles. The van der Waals surface area contributed by atoms with Gasteiger partial charge in [0.05, 0.1) is 16.8 Å². The molecule has 0 unspecified atom stereocenters. The van der Waals surface area contributed by atoms with E-state index in [1.54, 1.807) is 18.2 Å². The number of nitrogens with one attached hydrogen (secondary N) is 1. The number of rotatable bonds is 6. The van der Waals surface area contributed by atoms with Gasteiger partial charge in [0.2, 0.25) is 0 Å². The van der Waals surface area contributed by atoms with Crippen molar-refractivity contribution in [1.29, 1.82) is 0 Å². The van der Waals surface area contributed by atoms with E-state index in [1.807, 2.05) is 26.0 Å². The summed E-state index contributed by atoms with van der Waals surface area (Å²) in [7, 11) is 0. The van der Waals surface area contributed by atoms with Gasteiger partial charge in [-0.2, -0.15) is 0 Å². The molecular formula is C31H33ClN2O4. The van der Waals surface area contributed by atoms with Crippen LogP contribution in [0.3, 0.4) is 0 Å². The zero-order chi connectivity index (χ0) is 26.6. The van der Waals surface area contributed by atoms with Crippen molar-refractivity contribution in [2.45, 2.75) is 70.3 Å². The number of ether oxygens (including phenoxy) is 1. The summed E-state index contributed by atoms with van der Waals surface area (Å²) in [5.41, 5.74) is 2.44. The van der Waals surface area contributed by atoms with Gasteiger partial charge in [0, 0.05) is 0 Å². The van der Waals surface area contributed by atoms with Gasteiger partial charge in [-0.3, -0.25) is 14.9 Å². The molecule has 7 rings (SSSR count). The Bertz CT molecular complexity index is 1300. The number of urea groups is 1. The van der Waals surface area contributed by atoms with Crippen LogP contribution in [0, 0.1) is 17.8 Å². The molecule has 4 amide bonds. The van der Waals surface area contributed by atoms with Crippen LogP contribution < -0.4 is 15.0 Å². The topological polar surface area (TPSA) is 75.7 Å². The van der Waals surface area contributed by atoms with Crippen LogP contribution in [-0.2, 0) is 15.0 Å². The summed E-state index contributed by atoms with van der Waals surface area (Å²) in [6.07, 6.45) is 10.2. The molecule has 1 saturated heterocycles. The zero-order valence-electron chi connectivity index (χ0n) is 21.8. The van der Waals surface area contributed by atoms with E-state index in [0.29, 0.717) is 22.0 Å². The van der Waals surface area contributed by atoms with Crippen molar-refractivity contribution in [3.05, 3.63) is 64.2 Å². The van der Waals surface area contributed by atoms with Gasteiger partial charge in [-0.15, -0.1) is 0 Å². The number of imide groups is 2. The molecule has 0 radical (unpaired) electrons. The number of halogens is 1. The molecule has 38 heavy (non-hydrogen) atoms. The van der Waals surface area contributed by atoms with Crippen LogP contribution in [0.5, 0.6) is 5.75 Å². The van der Waals surface area contributed by atoms with Crippen molar-refractivity contribution in [3.8, 4) is 5.75 Å². The largest absolute Gasteiger partial charge is 0.489 e. The fourth-order valence-corrected chi connectivity index (χ4v) is 7.72. The first-order chi connectivity index (χ1) is 18.2. The molecule has 1 heterocycles. The van der Waals surface area contributed by atoms with Crippen LogP contribution in [0.25, 0.3) is 6.08 Å². The van der Waals surface area contributed by atoms with Gasteiger partial charge in [0.15, 0.2) is 0 Å². The first-order valence-electron chi connectivity index (χ1n) is 13.7. The standard InChI is InChI=1S/C31H33ClN2O4/c1-3-18(2)38-27-9-4-19(14-26(27)32)13-25-28(35)33-30(37)34(29(25)36)24-7-5-23(6-8-24)31-15-20-10-21(16-31)12-22(11-20)17-31/h4-9,13-14,18,20-22H,3,10-12,15-17H2,1-2H3,(H,33,35,37)/b25-13+/t18-,20?,21?,22?,31?/m0/s1. The second-order valence-corrected chi connectivity index (χ2v) is 12.1. The third-order valence-electron chi connectivity index (χ3n) is 9.05. The van der Waals surface area contributed by atoms with E-state index in [-0.39, 0.29) is 17.1 Å². The second kappa shape index (κ2) is 9.57. The highest BCUT2D eigenvalue weighted by Crippen LogP contribution is 2.60. The monoisotopic (exact) mass is 532 g/mol. The summed E-state index contributed by atoms with van der Waals surface area (Å²) >= 11 is 6.39. The Morgan fingerprint density at radius 1 is 1.03 bits per heavy atom. The maximum Gasteiger partial charge on any atom is 0.335 e. The number of nitrogens with zero attached hydrogens (tertiary/aromatic N) is 1. The average Bonchev–Trinajstić information content (AvgIpc) is 2.87. The Labute approximate surface area is 228 Å². The van der Waals surface area contributed by atoms with Crippen molar-refractivity contribution < 1.29 is 19.1 Å². The maximum atomic E-state index is 13.4. The first-order valence-corrected chi connectivity index (χ1v) is 14.1. The SMILES string of the molecule is CC[C@H](C)Oc1ccc(/C=C2\C(=O)NC(=O)N(c3ccc(C45CC6CC(CC(C6)C4)C5)cc3)C2=O)cc1Cl. The molecule has 198 valence electrons. The number of barbiturate groups is 1. The summed E-state index contributed by atoms with van der Waals surface area (Å²) in [5.74, 6) is 1.66. The van der Waals surface area contributed by atoms with Crippen LogP contribution in [0.4, 0.5) is 10.5 Å². The molecule has 4 aliphatic carbocycles.